The SMILES string of the molecule is NC(=O)N(c1ccc(N2C=Nc3occc3C2N)cc1)c1cc(C(F)(F)F)ccc1Cl. The molecule has 2 amide bonds. The highest BCUT2D eigenvalue weighted by molar-refractivity contribution is 6.34. The number of alkyl halides is 3. The molecule has 160 valence electrons. The van der Waals surface area contributed by atoms with E-state index in [2.05, 4.69) is 4.99 Å². The monoisotopic (exact) mass is 449 g/mol. The van der Waals surface area contributed by atoms with Gasteiger partial charge in [-0.1, -0.05) is 11.6 Å². The fraction of sp³-hybridized carbons (Fsp3) is 0.100. The molecule has 0 radical (unpaired) electrons. The van der Waals surface area contributed by atoms with Crippen molar-refractivity contribution in [3.05, 3.63) is 70.9 Å². The Morgan fingerprint density at radius 3 is 2.52 bits per heavy atom. The standard InChI is InChI=1S/C20H15ClF3N5O2/c21-15-6-1-11(20(22,23)24)9-16(15)29(19(26)30)13-4-2-12(3-5-13)28-10-27-18-14(17(28)25)7-8-31-18/h1-10,17H,25H2,(H2,26,30). The average Bonchev–Trinajstić information content (AvgIpc) is 3.19. The molecule has 0 aliphatic carbocycles. The Morgan fingerprint density at radius 1 is 1.16 bits per heavy atom. The van der Waals surface area contributed by atoms with Gasteiger partial charge in [0.25, 0.3) is 0 Å². The predicted octanol–water partition coefficient (Wildman–Crippen LogP) is 5.31. The molecule has 0 fully saturated rings. The summed E-state index contributed by atoms with van der Waals surface area (Å²) in [6.45, 7) is 0. The minimum atomic E-state index is -4.61. The Morgan fingerprint density at radius 2 is 1.87 bits per heavy atom. The number of carbonyl (C=O) groups excluding carboxylic acids is 1. The molecule has 4 N–H and O–H groups in total. The number of primary amides is 1. The van der Waals surface area contributed by atoms with E-state index in [1.807, 2.05) is 0 Å². The minimum Gasteiger partial charge on any atom is -0.446 e. The first kappa shape index (κ1) is 20.8. The number of amides is 2. The fourth-order valence-electron chi connectivity index (χ4n) is 3.22. The van der Waals surface area contributed by atoms with Crippen molar-refractivity contribution in [2.75, 3.05) is 9.80 Å². The molecule has 1 aromatic heterocycles. The van der Waals surface area contributed by atoms with Crippen LogP contribution in [0.3, 0.4) is 0 Å². The van der Waals surface area contributed by atoms with Gasteiger partial charge in [-0.2, -0.15) is 13.2 Å². The molecular formula is C20H15ClF3N5O2. The lowest BCUT2D eigenvalue weighted by Crippen LogP contribution is -2.35. The third kappa shape index (κ3) is 3.82. The Balaban J connectivity index is 1.68. The molecule has 0 saturated heterocycles. The van der Waals surface area contributed by atoms with Crippen LogP contribution >= 0.6 is 11.6 Å². The molecule has 1 unspecified atom stereocenters. The highest BCUT2D eigenvalue weighted by Crippen LogP contribution is 2.39. The lowest BCUT2D eigenvalue weighted by molar-refractivity contribution is -0.137. The summed E-state index contributed by atoms with van der Waals surface area (Å²) in [7, 11) is 0. The van der Waals surface area contributed by atoms with Gasteiger partial charge in [0.1, 0.15) is 12.5 Å². The van der Waals surface area contributed by atoms with Gasteiger partial charge in [-0.25, -0.2) is 9.79 Å². The summed E-state index contributed by atoms with van der Waals surface area (Å²) in [4.78, 5) is 18.9. The zero-order chi connectivity index (χ0) is 22.3. The van der Waals surface area contributed by atoms with E-state index in [4.69, 9.17) is 27.5 Å². The van der Waals surface area contributed by atoms with Crippen molar-refractivity contribution >= 4 is 46.9 Å². The Labute approximate surface area is 179 Å². The molecule has 7 nitrogen and oxygen atoms in total. The molecule has 11 heteroatoms. The number of anilines is 3. The number of carbonyl (C=O) groups is 1. The molecule has 2 aromatic carbocycles. The molecule has 4 rings (SSSR count). The number of nitrogens with zero attached hydrogens (tertiary/aromatic N) is 3. The number of aliphatic imine (C=N–C) groups is 1. The zero-order valence-corrected chi connectivity index (χ0v) is 16.4. The van der Waals surface area contributed by atoms with Crippen LogP contribution < -0.4 is 21.3 Å². The van der Waals surface area contributed by atoms with Gasteiger partial charge in [-0.3, -0.25) is 4.90 Å². The summed E-state index contributed by atoms with van der Waals surface area (Å²) in [6.07, 6.45) is -2.18. The molecule has 0 bridgehead atoms. The largest absolute Gasteiger partial charge is 0.446 e. The molecule has 1 aliphatic rings. The summed E-state index contributed by atoms with van der Waals surface area (Å²) in [5.74, 6) is 0.416. The van der Waals surface area contributed by atoms with E-state index in [-0.39, 0.29) is 16.4 Å². The van der Waals surface area contributed by atoms with Crippen LogP contribution in [0, 0.1) is 0 Å². The van der Waals surface area contributed by atoms with Gasteiger partial charge >= 0.3 is 12.2 Å². The van der Waals surface area contributed by atoms with Crippen LogP contribution in [0.5, 0.6) is 0 Å². The first-order chi connectivity index (χ1) is 14.7. The smallest absolute Gasteiger partial charge is 0.416 e. The van der Waals surface area contributed by atoms with Crippen LogP contribution in [0.1, 0.15) is 17.3 Å². The third-order valence-corrected chi connectivity index (χ3v) is 5.05. The fourth-order valence-corrected chi connectivity index (χ4v) is 3.43. The Bertz CT molecular complexity index is 1160. The van der Waals surface area contributed by atoms with Gasteiger partial charge in [0.2, 0.25) is 5.88 Å². The van der Waals surface area contributed by atoms with E-state index in [1.165, 1.54) is 24.7 Å². The van der Waals surface area contributed by atoms with Gasteiger partial charge in [0, 0.05) is 5.69 Å². The van der Waals surface area contributed by atoms with Crippen LogP contribution in [0.2, 0.25) is 5.02 Å². The van der Waals surface area contributed by atoms with Gasteiger partial charge in [0.05, 0.1) is 33.8 Å². The van der Waals surface area contributed by atoms with Crippen molar-refractivity contribution in [3.63, 3.8) is 0 Å². The topological polar surface area (TPSA) is 101 Å². The second-order valence-corrected chi connectivity index (χ2v) is 7.04. The van der Waals surface area contributed by atoms with Crippen LogP contribution in [-0.2, 0) is 6.18 Å². The quantitative estimate of drug-likeness (QED) is 0.566. The van der Waals surface area contributed by atoms with Crippen LogP contribution in [-0.4, -0.2) is 12.4 Å². The van der Waals surface area contributed by atoms with Crippen molar-refractivity contribution in [1.29, 1.82) is 0 Å². The number of fused-ring (bicyclic) bond motifs is 1. The summed E-state index contributed by atoms with van der Waals surface area (Å²) in [6, 6.07) is 9.67. The minimum absolute atomic E-state index is 0.0615. The number of halogens is 4. The number of benzene rings is 2. The predicted molar refractivity (Wildman–Crippen MR) is 111 cm³/mol. The van der Waals surface area contributed by atoms with E-state index < -0.39 is 23.9 Å². The number of hydrogen-bond donors (Lipinski definition) is 2. The molecule has 2 heterocycles. The van der Waals surface area contributed by atoms with Crippen LogP contribution in [0.15, 0.2) is 64.2 Å². The molecule has 3 aromatic rings. The summed E-state index contributed by atoms with van der Waals surface area (Å²) in [5.41, 5.74) is 12.1. The molecule has 0 saturated carbocycles. The highest BCUT2D eigenvalue weighted by Gasteiger charge is 2.32. The van der Waals surface area contributed by atoms with Crippen molar-refractivity contribution < 1.29 is 22.4 Å². The number of hydrogen-bond acceptors (Lipinski definition) is 5. The molecular weight excluding hydrogens is 435 g/mol. The van der Waals surface area contributed by atoms with Crippen molar-refractivity contribution in [2.24, 2.45) is 16.5 Å². The van der Waals surface area contributed by atoms with Crippen LogP contribution in [0.4, 0.5) is 40.9 Å². The normalized spacial score (nSPS) is 15.6. The highest BCUT2D eigenvalue weighted by atomic mass is 35.5. The lowest BCUT2D eigenvalue weighted by atomic mass is 10.1. The molecule has 1 atom stereocenters. The van der Waals surface area contributed by atoms with Crippen molar-refractivity contribution in [3.8, 4) is 0 Å². The van der Waals surface area contributed by atoms with Gasteiger partial charge in [-0.15, -0.1) is 0 Å². The summed E-state index contributed by atoms with van der Waals surface area (Å²) < 4.78 is 44.6. The van der Waals surface area contributed by atoms with Gasteiger partial charge in [-0.05, 0) is 48.5 Å². The van der Waals surface area contributed by atoms with E-state index in [0.717, 1.165) is 23.1 Å². The number of rotatable bonds is 3. The average molecular weight is 450 g/mol. The Hall–Kier alpha value is -3.50. The van der Waals surface area contributed by atoms with Crippen molar-refractivity contribution in [1.82, 2.24) is 0 Å². The summed E-state index contributed by atoms with van der Waals surface area (Å²) >= 11 is 6.08. The van der Waals surface area contributed by atoms with E-state index in [1.54, 1.807) is 23.1 Å². The molecule has 1 aliphatic heterocycles. The van der Waals surface area contributed by atoms with Gasteiger partial charge in [0.15, 0.2) is 0 Å². The van der Waals surface area contributed by atoms with Crippen LogP contribution in [0.25, 0.3) is 0 Å². The third-order valence-electron chi connectivity index (χ3n) is 4.73. The molecule has 31 heavy (non-hydrogen) atoms. The molecule has 0 spiro atoms. The number of nitrogens with two attached hydrogens (primary N) is 2. The lowest BCUT2D eigenvalue weighted by Gasteiger charge is -2.29. The van der Waals surface area contributed by atoms with E-state index >= 15 is 0 Å². The first-order valence-electron chi connectivity index (χ1n) is 8.88. The van der Waals surface area contributed by atoms with E-state index in [0.29, 0.717) is 17.1 Å². The Kier molecular flexibility index (Phi) is 5.11. The second-order valence-electron chi connectivity index (χ2n) is 6.63. The number of urea groups is 1. The maximum absolute atomic E-state index is 13.1. The maximum atomic E-state index is 13.1. The zero-order valence-electron chi connectivity index (χ0n) is 15.7. The first-order valence-corrected chi connectivity index (χ1v) is 9.26. The second kappa shape index (κ2) is 7.64. The number of furan rings is 1. The van der Waals surface area contributed by atoms with Gasteiger partial charge < -0.3 is 20.8 Å². The maximum Gasteiger partial charge on any atom is 0.416 e. The van der Waals surface area contributed by atoms with E-state index in [9.17, 15) is 18.0 Å². The summed E-state index contributed by atoms with van der Waals surface area (Å²) in [5, 5.41) is -0.0615. The van der Waals surface area contributed by atoms with Crippen molar-refractivity contribution in [2.45, 2.75) is 12.3 Å².